The Morgan fingerprint density at radius 1 is 1.09 bits per heavy atom. The fraction of sp³-hybridized carbons (Fsp3) is 0.125. The summed E-state index contributed by atoms with van der Waals surface area (Å²) in [5, 5.41) is 13.0. The lowest BCUT2D eigenvalue weighted by Gasteiger charge is -2.21. The van der Waals surface area contributed by atoms with Crippen molar-refractivity contribution in [2.45, 2.75) is 17.1 Å². The second-order valence-electron chi connectivity index (χ2n) is 7.20. The molecule has 1 aromatic heterocycles. The van der Waals surface area contributed by atoms with Crippen LogP contribution in [0, 0.1) is 5.82 Å². The number of nitrogens with one attached hydrogen (secondary N) is 1. The Hall–Kier alpha value is -3.36. The van der Waals surface area contributed by atoms with E-state index in [0.29, 0.717) is 44.4 Å². The molecule has 0 spiro atoms. The largest absolute Gasteiger partial charge is 0.496 e. The van der Waals surface area contributed by atoms with Gasteiger partial charge in [0.15, 0.2) is 5.69 Å². The maximum atomic E-state index is 14.0. The van der Waals surface area contributed by atoms with Crippen LogP contribution in [0.4, 0.5) is 10.1 Å². The molecule has 9 heteroatoms. The van der Waals surface area contributed by atoms with Gasteiger partial charge in [0.05, 0.1) is 12.7 Å². The lowest BCUT2D eigenvalue weighted by Crippen LogP contribution is -2.18. The van der Waals surface area contributed by atoms with Crippen LogP contribution < -0.4 is 14.8 Å². The lowest BCUT2D eigenvalue weighted by molar-refractivity contribution is 0.220. The van der Waals surface area contributed by atoms with Gasteiger partial charge in [0.2, 0.25) is 17.3 Å². The number of halogens is 2. The number of nitrogens with zero attached hydrogens (tertiary/aromatic N) is 3. The van der Waals surface area contributed by atoms with Crippen LogP contribution in [-0.4, -0.2) is 22.3 Å². The first-order valence-corrected chi connectivity index (χ1v) is 11.5. The number of ether oxygens (including phenoxy) is 2. The number of rotatable bonds is 5. The van der Waals surface area contributed by atoms with Crippen molar-refractivity contribution in [1.82, 2.24) is 15.2 Å². The third-order valence-electron chi connectivity index (χ3n) is 5.12. The average Bonchev–Trinajstić information content (AvgIpc) is 3.00. The first kappa shape index (κ1) is 21.5. The van der Waals surface area contributed by atoms with Crippen molar-refractivity contribution in [3.8, 4) is 22.9 Å². The fourth-order valence-corrected chi connectivity index (χ4v) is 4.46. The molecule has 0 saturated heterocycles. The lowest BCUT2D eigenvalue weighted by atomic mass is 10.1. The van der Waals surface area contributed by atoms with E-state index in [9.17, 15) is 4.39 Å². The molecule has 0 bridgehead atoms. The molecule has 0 radical (unpaired) electrons. The predicted octanol–water partition coefficient (Wildman–Crippen LogP) is 6.14. The van der Waals surface area contributed by atoms with E-state index >= 15 is 0 Å². The van der Waals surface area contributed by atoms with Gasteiger partial charge in [-0.15, -0.1) is 10.2 Å². The number of para-hydroxylation sites is 1. The minimum Gasteiger partial charge on any atom is -0.496 e. The van der Waals surface area contributed by atoms with Crippen molar-refractivity contribution in [1.29, 1.82) is 0 Å². The van der Waals surface area contributed by atoms with Crippen molar-refractivity contribution in [2.75, 3.05) is 12.4 Å². The van der Waals surface area contributed by atoms with E-state index in [1.807, 2.05) is 24.3 Å². The maximum absolute atomic E-state index is 14.0. The molecule has 2 heterocycles. The van der Waals surface area contributed by atoms with E-state index in [-0.39, 0.29) is 5.82 Å². The minimum absolute atomic E-state index is 0.268. The van der Waals surface area contributed by atoms with Crippen LogP contribution in [0.2, 0.25) is 5.02 Å². The summed E-state index contributed by atoms with van der Waals surface area (Å²) < 4.78 is 25.8. The summed E-state index contributed by atoms with van der Waals surface area (Å²) in [5.41, 5.74) is 3.41. The van der Waals surface area contributed by atoms with Gasteiger partial charge in [0.25, 0.3) is 0 Å². The zero-order valence-electron chi connectivity index (χ0n) is 17.5. The van der Waals surface area contributed by atoms with Gasteiger partial charge in [-0.3, -0.25) is 0 Å². The zero-order valence-corrected chi connectivity index (χ0v) is 19.0. The van der Waals surface area contributed by atoms with Gasteiger partial charge >= 0.3 is 0 Å². The first-order valence-electron chi connectivity index (χ1n) is 10.1. The number of hydrogen-bond donors (Lipinski definition) is 1. The van der Waals surface area contributed by atoms with Crippen molar-refractivity contribution in [2.24, 2.45) is 0 Å². The molecule has 1 aliphatic heterocycles. The Bertz CT molecular complexity index is 1320. The van der Waals surface area contributed by atoms with Crippen molar-refractivity contribution in [3.63, 3.8) is 0 Å². The second kappa shape index (κ2) is 9.25. The Morgan fingerprint density at radius 2 is 1.91 bits per heavy atom. The number of fused-ring (bicyclic) bond motifs is 3. The molecule has 33 heavy (non-hydrogen) atoms. The Morgan fingerprint density at radius 3 is 2.76 bits per heavy atom. The third kappa shape index (κ3) is 4.44. The zero-order chi connectivity index (χ0) is 22.8. The van der Waals surface area contributed by atoms with E-state index < -0.39 is 6.23 Å². The SMILES string of the molecule is COc1ccc(Cl)cc1[C@H]1Nc2ccccc2-c2nnc(SCc3ccccc3F)nc2O1. The van der Waals surface area contributed by atoms with E-state index in [1.54, 1.807) is 43.5 Å². The number of hydrogen-bond acceptors (Lipinski definition) is 7. The van der Waals surface area contributed by atoms with Gasteiger partial charge < -0.3 is 14.8 Å². The minimum atomic E-state index is -0.637. The summed E-state index contributed by atoms with van der Waals surface area (Å²) in [6.45, 7) is 0. The van der Waals surface area contributed by atoms with Crippen LogP contribution in [0.25, 0.3) is 11.3 Å². The smallest absolute Gasteiger partial charge is 0.247 e. The molecular formula is C24H18ClFN4O2S. The number of benzene rings is 3. The van der Waals surface area contributed by atoms with Crippen LogP contribution in [0.15, 0.2) is 71.9 Å². The van der Waals surface area contributed by atoms with Crippen molar-refractivity contribution < 1.29 is 13.9 Å². The molecule has 166 valence electrons. The monoisotopic (exact) mass is 480 g/mol. The van der Waals surface area contributed by atoms with Crippen LogP contribution in [0.1, 0.15) is 17.4 Å². The highest BCUT2D eigenvalue weighted by atomic mass is 35.5. The average molecular weight is 481 g/mol. The van der Waals surface area contributed by atoms with Crippen LogP contribution in [-0.2, 0) is 5.75 Å². The molecule has 1 N–H and O–H groups in total. The molecule has 0 aliphatic carbocycles. The fourth-order valence-electron chi connectivity index (χ4n) is 3.52. The summed E-state index contributed by atoms with van der Waals surface area (Å²) in [4.78, 5) is 4.60. The molecule has 1 atom stereocenters. The highest BCUT2D eigenvalue weighted by Crippen LogP contribution is 2.41. The highest BCUT2D eigenvalue weighted by Gasteiger charge is 2.28. The highest BCUT2D eigenvalue weighted by molar-refractivity contribution is 7.98. The molecule has 4 aromatic rings. The van der Waals surface area contributed by atoms with E-state index in [0.717, 1.165) is 11.3 Å². The van der Waals surface area contributed by atoms with Crippen LogP contribution in [0.5, 0.6) is 11.6 Å². The van der Waals surface area contributed by atoms with Gasteiger partial charge in [0, 0.05) is 22.0 Å². The maximum Gasteiger partial charge on any atom is 0.247 e. The second-order valence-corrected chi connectivity index (χ2v) is 8.58. The molecule has 5 rings (SSSR count). The van der Waals surface area contributed by atoms with E-state index in [2.05, 4.69) is 20.5 Å². The molecule has 3 aromatic carbocycles. The van der Waals surface area contributed by atoms with Gasteiger partial charge in [-0.05, 0) is 35.9 Å². The number of aromatic nitrogens is 3. The summed E-state index contributed by atoms with van der Waals surface area (Å²) in [5.74, 6) is 1.03. The van der Waals surface area contributed by atoms with E-state index in [4.69, 9.17) is 21.1 Å². The summed E-state index contributed by atoms with van der Waals surface area (Å²) >= 11 is 7.55. The molecule has 0 fully saturated rings. The van der Waals surface area contributed by atoms with Crippen molar-refractivity contribution >= 4 is 29.1 Å². The number of anilines is 1. The molecule has 1 aliphatic rings. The standard InChI is InChI=1S/C24H18ClFN4O2S/c1-31-20-11-10-15(25)12-17(20)22-27-19-9-5-3-7-16(19)21-23(32-22)28-24(30-29-21)33-13-14-6-2-4-8-18(14)26/h2-12,22,27H,13H2,1H3/t22-/m0/s1. The molecule has 0 amide bonds. The van der Waals surface area contributed by atoms with Gasteiger partial charge in [-0.25, -0.2) is 4.39 Å². The molecule has 0 saturated carbocycles. The predicted molar refractivity (Wildman–Crippen MR) is 126 cm³/mol. The summed E-state index contributed by atoms with van der Waals surface area (Å²) in [7, 11) is 1.59. The van der Waals surface area contributed by atoms with Gasteiger partial charge in [0.1, 0.15) is 11.6 Å². The summed E-state index contributed by atoms with van der Waals surface area (Å²) in [6.07, 6.45) is -0.637. The van der Waals surface area contributed by atoms with Crippen LogP contribution >= 0.6 is 23.4 Å². The summed E-state index contributed by atoms with van der Waals surface area (Å²) in [6, 6.07) is 19.6. The van der Waals surface area contributed by atoms with Crippen molar-refractivity contribution in [3.05, 3.63) is 88.7 Å². The van der Waals surface area contributed by atoms with Gasteiger partial charge in [-0.1, -0.05) is 59.8 Å². The topological polar surface area (TPSA) is 69.2 Å². The third-order valence-corrected chi connectivity index (χ3v) is 6.24. The molecular weight excluding hydrogens is 463 g/mol. The van der Waals surface area contributed by atoms with E-state index in [1.165, 1.54) is 17.8 Å². The quantitative estimate of drug-likeness (QED) is 0.344. The Kier molecular flexibility index (Phi) is 6.02. The Balaban J connectivity index is 1.53. The van der Waals surface area contributed by atoms with Gasteiger partial charge in [-0.2, -0.15) is 4.98 Å². The molecule has 0 unspecified atom stereocenters. The first-order chi connectivity index (χ1) is 16.1. The number of methoxy groups -OCH3 is 1. The van der Waals surface area contributed by atoms with Crippen LogP contribution in [0.3, 0.4) is 0 Å². The molecule has 6 nitrogen and oxygen atoms in total. The number of thioether (sulfide) groups is 1. The normalized spacial score (nSPS) is 14.3. The Labute approximate surface area is 199 Å².